The number of anilines is 1. The van der Waals surface area contributed by atoms with Gasteiger partial charge in [0.2, 0.25) is 0 Å². The van der Waals surface area contributed by atoms with Crippen LogP contribution < -0.4 is 15.8 Å². The molecule has 0 unspecified atom stereocenters. The second-order valence-corrected chi connectivity index (χ2v) is 6.01. The van der Waals surface area contributed by atoms with Crippen LogP contribution in [0.5, 0.6) is 11.5 Å². The fraction of sp³-hybridized carbons (Fsp3) is 0.278. The molecule has 0 spiro atoms. The summed E-state index contributed by atoms with van der Waals surface area (Å²) in [7, 11) is 0. The van der Waals surface area contributed by atoms with Gasteiger partial charge in [-0.25, -0.2) is 0 Å². The van der Waals surface area contributed by atoms with Gasteiger partial charge in [-0.1, -0.05) is 23.7 Å². The molecule has 126 valence electrons. The Bertz CT molecular complexity index is 706. The van der Waals surface area contributed by atoms with Crippen molar-refractivity contribution in [1.29, 1.82) is 0 Å². The van der Waals surface area contributed by atoms with E-state index >= 15 is 0 Å². The molecule has 0 radical (unpaired) electrons. The van der Waals surface area contributed by atoms with Crippen LogP contribution in [0.4, 0.5) is 5.69 Å². The third-order valence-electron chi connectivity index (χ3n) is 3.85. The third kappa shape index (κ3) is 4.06. The molecule has 2 aromatic carbocycles. The third-order valence-corrected chi connectivity index (χ3v) is 4.16. The molecule has 1 aliphatic rings. The highest BCUT2D eigenvalue weighted by Gasteiger charge is 2.29. The number of rotatable bonds is 5. The van der Waals surface area contributed by atoms with Crippen LogP contribution in [-0.2, 0) is 9.53 Å². The van der Waals surface area contributed by atoms with Gasteiger partial charge in [0.15, 0.2) is 0 Å². The molecule has 0 saturated carbocycles. The standard InChI is InChI=1S/C18H19ClN2O3/c19-15-3-1-2-4-16(15)23-13-7-5-12(6-8-13)21-18(22)17-10-9-14(11-20)24-17/h1-8,14,17H,9-11,20H2,(H,21,22)/t14-,17+/m1/s1. The number of carbonyl (C=O) groups excluding carboxylic acids is 1. The van der Waals surface area contributed by atoms with Crippen molar-refractivity contribution < 1.29 is 14.3 Å². The highest BCUT2D eigenvalue weighted by molar-refractivity contribution is 6.32. The minimum Gasteiger partial charge on any atom is -0.456 e. The van der Waals surface area contributed by atoms with Crippen LogP contribution in [0.25, 0.3) is 0 Å². The molecule has 0 aromatic heterocycles. The van der Waals surface area contributed by atoms with Crippen LogP contribution in [-0.4, -0.2) is 24.7 Å². The molecule has 6 heteroatoms. The molecule has 1 heterocycles. The first-order chi connectivity index (χ1) is 11.7. The predicted octanol–water partition coefficient (Wildman–Crippen LogP) is 3.58. The number of hydrogen-bond donors (Lipinski definition) is 2. The van der Waals surface area contributed by atoms with Crippen LogP contribution in [0.15, 0.2) is 48.5 Å². The van der Waals surface area contributed by atoms with Gasteiger partial charge >= 0.3 is 0 Å². The Hall–Kier alpha value is -2.08. The molecule has 0 aliphatic carbocycles. The van der Waals surface area contributed by atoms with Crippen molar-refractivity contribution in [3.8, 4) is 11.5 Å². The van der Waals surface area contributed by atoms with Crippen LogP contribution in [0, 0.1) is 0 Å². The second kappa shape index (κ2) is 7.66. The number of nitrogens with two attached hydrogens (primary N) is 1. The van der Waals surface area contributed by atoms with Crippen molar-refractivity contribution in [3.63, 3.8) is 0 Å². The maximum Gasteiger partial charge on any atom is 0.253 e. The number of benzene rings is 2. The molecule has 1 saturated heterocycles. The monoisotopic (exact) mass is 346 g/mol. The lowest BCUT2D eigenvalue weighted by atomic mass is 10.2. The summed E-state index contributed by atoms with van der Waals surface area (Å²) in [6, 6.07) is 14.4. The Labute approximate surface area is 145 Å². The molecule has 5 nitrogen and oxygen atoms in total. The van der Waals surface area contributed by atoms with E-state index in [9.17, 15) is 4.79 Å². The smallest absolute Gasteiger partial charge is 0.253 e. The van der Waals surface area contributed by atoms with Gasteiger partial charge in [-0.15, -0.1) is 0 Å². The largest absolute Gasteiger partial charge is 0.456 e. The molecule has 1 fully saturated rings. The normalized spacial score (nSPS) is 19.9. The van der Waals surface area contributed by atoms with Gasteiger partial charge in [0.1, 0.15) is 17.6 Å². The number of ether oxygens (including phenoxy) is 2. The van der Waals surface area contributed by atoms with E-state index in [0.717, 1.165) is 6.42 Å². The zero-order valence-electron chi connectivity index (χ0n) is 13.1. The van der Waals surface area contributed by atoms with Gasteiger partial charge in [-0.3, -0.25) is 4.79 Å². The average molecular weight is 347 g/mol. The quantitative estimate of drug-likeness (QED) is 0.867. The van der Waals surface area contributed by atoms with E-state index in [4.69, 9.17) is 26.8 Å². The van der Waals surface area contributed by atoms with Gasteiger partial charge in [-0.05, 0) is 49.2 Å². The number of halogens is 1. The number of nitrogens with one attached hydrogen (secondary N) is 1. The van der Waals surface area contributed by atoms with Gasteiger partial charge in [0.05, 0.1) is 11.1 Å². The molecule has 0 bridgehead atoms. The Morgan fingerprint density at radius 1 is 1.21 bits per heavy atom. The fourth-order valence-corrected chi connectivity index (χ4v) is 2.73. The van der Waals surface area contributed by atoms with E-state index in [1.807, 2.05) is 12.1 Å². The summed E-state index contributed by atoms with van der Waals surface area (Å²) in [5.74, 6) is 1.08. The summed E-state index contributed by atoms with van der Waals surface area (Å²) in [5.41, 5.74) is 6.25. The second-order valence-electron chi connectivity index (χ2n) is 5.61. The lowest BCUT2D eigenvalue weighted by Crippen LogP contribution is -2.29. The maximum atomic E-state index is 12.2. The minimum absolute atomic E-state index is 0.0212. The van der Waals surface area contributed by atoms with Gasteiger partial charge < -0.3 is 20.5 Å². The first-order valence-corrected chi connectivity index (χ1v) is 8.22. The highest BCUT2D eigenvalue weighted by atomic mass is 35.5. The van der Waals surface area contributed by atoms with E-state index < -0.39 is 6.10 Å². The van der Waals surface area contributed by atoms with Crippen molar-refractivity contribution in [2.45, 2.75) is 25.0 Å². The zero-order valence-corrected chi connectivity index (χ0v) is 13.8. The molecule has 2 aromatic rings. The summed E-state index contributed by atoms with van der Waals surface area (Å²) < 4.78 is 11.3. The number of para-hydroxylation sites is 1. The van der Waals surface area contributed by atoms with E-state index in [2.05, 4.69) is 5.32 Å². The minimum atomic E-state index is -0.433. The molecule has 2 atom stereocenters. The molecular formula is C18H19ClN2O3. The summed E-state index contributed by atoms with van der Waals surface area (Å²) in [4.78, 5) is 12.2. The summed E-state index contributed by atoms with van der Waals surface area (Å²) >= 11 is 6.07. The topological polar surface area (TPSA) is 73.6 Å². The highest BCUT2D eigenvalue weighted by Crippen LogP contribution is 2.29. The lowest BCUT2D eigenvalue weighted by Gasteiger charge is -2.13. The number of carbonyl (C=O) groups is 1. The Morgan fingerprint density at radius 3 is 2.62 bits per heavy atom. The number of amides is 1. The molecule has 24 heavy (non-hydrogen) atoms. The van der Waals surface area contributed by atoms with E-state index in [1.54, 1.807) is 36.4 Å². The van der Waals surface area contributed by atoms with Gasteiger partial charge in [0, 0.05) is 12.2 Å². The van der Waals surface area contributed by atoms with Crippen molar-refractivity contribution >= 4 is 23.2 Å². The molecule has 3 rings (SSSR count). The zero-order chi connectivity index (χ0) is 16.9. The van der Waals surface area contributed by atoms with E-state index in [1.165, 1.54) is 0 Å². The van der Waals surface area contributed by atoms with Crippen LogP contribution in [0.1, 0.15) is 12.8 Å². The summed E-state index contributed by atoms with van der Waals surface area (Å²) in [5, 5.41) is 3.39. The SMILES string of the molecule is NC[C@H]1CC[C@@H](C(=O)Nc2ccc(Oc3ccccc3Cl)cc2)O1. The molecule has 1 aliphatic heterocycles. The average Bonchev–Trinajstić information content (AvgIpc) is 3.08. The van der Waals surface area contributed by atoms with E-state index in [-0.39, 0.29) is 12.0 Å². The first kappa shape index (κ1) is 16.8. The van der Waals surface area contributed by atoms with E-state index in [0.29, 0.717) is 35.2 Å². The van der Waals surface area contributed by atoms with Crippen molar-refractivity contribution in [3.05, 3.63) is 53.6 Å². The molecule has 1 amide bonds. The Morgan fingerprint density at radius 2 is 1.96 bits per heavy atom. The predicted molar refractivity (Wildman–Crippen MR) is 93.5 cm³/mol. The lowest BCUT2D eigenvalue weighted by molar-refractivity contribution is -0.126. The van der Waals surface area contributed by atoms with Crippen LogP contribution in [0.3, 0.4) is 0 Å². The summed E-state index contributed by atoms with van der Waals surface area (Å²) in [6.07, 6.45) is 1.06. The number of hydrogen-bond acceptors (Lipinski definition) is 4. The first-order valence-electron chi connectivity index (χ1n) is 7.84. The van der Waals surface area contributed by atoms with Crippen molar-refractivity contribution in [1.82, 2.24) is 0 Å². The summed E-state index contributed by atoms with van der Waals surface area (Å²) in [6.45, 7) is 0.442. The van der Waals surface area contributed by atoms with Crippen molar-refractivity contribution in [2.24, 2.45) is 5.73 Å². The Balaban J connectivity index is 1.59. The van der Waals surface area contributed by atoms with Crippen molar-refractivity contribution in [2.75, 3.05) is 11.9 Å². The van der Waals surface area contributed by atoms with Gasteiger partial charge in [-0.2, -0.15) is 0 Å². The molecule has 3 N–H and O–H groups in total. The molecular weight excluding hydrogens is 328 g/mol. The van der Waals surface area contributed by atoms with Crippen LogP contribution >= 0.6 is 11.6 Å². The maximum absolute atomic E-state index is 12.2. The fourth-order valence-electron chi connectivity index (χ4n) is 2.56. The Kier molecular flexibility index (Phi) is 5.35. The van der Waals surface area contributed by atoms with Crippen LogP contribution in [0.2, 0.25) is 5.02 Å². The van der Waals surface area contributed by atoms with Gasteiger partial charge in [0.25, 0.3) is 5.91 Å².